The van der Waals surface area contributed by atoms with Crippen molar-refractivity contribution < 1.29 is 4.79 Å². The standard InChI is InChI=1S/C15H19N3O/c1-16-9-10-17-15(19)14-8-5-11-18(14)12-13-6-3-2-4-7-13/h2-8,11,16H,9-10,12H2,1H3,(H,17,19). The van der Waals surface area contributed by atoms with Crippen LogP contribution in [0.3, 0.4) is 0 Å². The summed E-state index contributed by atoms with van der Waals surface area (Å²) >= 11 is 0. The number of carbonyl (C=O) groups excluding carboxylic acids is 1. The van der Waals surface area contributed by atoms with Crippen molar-refractivity contribution in [2.24, 2.45) is 0 Å². The third kappa shape index (κ3) is 3.69. The molecule has 100 valence electrons. The van der Waals surface area contributed by atoms with Crippen molar-refractivity contribution in [3.8, 4) is 0 Å². The second-order valence-electron chi connectivity index (χ2n) is 4.37. The van der Waals surface area contributed by atoms with Gasteiger partial charge in [0.15, 0.2) is 0 Å². The molecule has 0 saturated carbocycles. The van der Waals surface area contributed by atoms with E-state index in [-0.39, 0.29) is 5.91 Å². The number of amides is 1. The Hall–Kier alpha value is -2.07. The molecule has 0 aliphatic heterocycles. The first kappa shape index (κ1) is 13.4. The van der Waals surface area contributed by atoms with Crippen molar-refractivity contribution in [1.29, 1.82) is 0 Å². The maximum absolute atomic E-state index is 12.0. The van der Waals surface area contributed by atoms with Crippen LogP contribution in [0.5, 0.6) is 0 Å². The first-order valence-electron chi connectivity index (χ1n) is 6.43. The maximum atomic E-state index is 12.0. The molecule has 2 aromatic rings. The van der Waals surface area contributed by atoms with Crippen molar-refractivity contribution >= 4 is 5.91 Å². The third-order valence-corrected chi connectivity index (χ3v) is 2.92. The Balaban J connectivity index is 2.03. The second-order valence-corrected chi connectivity index (χ2v) is 4.37. The van der Waals surface area contributed by atoms with Crippen molar-refractivity contribution in [3.63, 3.8) is 0 Å². The van der Waals surface area contributed by atoms with E-state index < -0.39 is 0 Å². The molecule has 0 aliphatic rings. The fourth-order valence-electron chi connectivity index (χ4n) is 1.93. The average molecular weight is 257 g/mol. The third-order valence-electron chi connectivity index (χ3n) is 2.92. The van der Waals surface area contributed by atoms with Crippen molar-refractivity contribution in [3.05, 3.63) is 59.9 Å². The summed E-state index contributed by atoms with van der Waals surface area (Å²) in [5.74, 6) is -0.0313. The van der Waals surface area contributed by atoms with E-state index in [0.717, 1.165) is 6.54 Å². The molecule has 4 nitrogen and oxygen atoms in total. The van der Waals surface area contributed by atoms with Gasteiger partial charge in [0.1, 0.15) is 5.69 Å². The number of hydrogen-bond acceptors (Lipinski definition) is 2. The van der Waals surface area contributed by atoms with Gasteiger partial charge >= 0.3 is 0 Å². The molecule has 0 fully saturated rings. The van der Waals surface area contributed by atoms with Crippen LogP contribution in [0.1, 0.15) is 16.1 Å². The molecule has 0 aliphatic carbocycles. The number of aromatic nitrogens is 1. The number of nitrogens with one attached hydrogen (secondary N) is 2. The zero-order chi connectivity index (χ0) is 13.5. The summed E-state index contributed by atoms with van der Waals surface area (Å²) < 4.78 is 1.96. The Morgan fingerprint density at radius 2 is 1.89 bits per heavy atom. The highest BCUT2D eigenvalue weighted by molar-refractivity contribution is 5.92. The van der Waals surface area contributed by atoms with Gasteiger partial charge in [-0.25, -0.2) is 0 Å². The molecule has 19 heavy (non-hydrogen) atoms. The number of benzene rings is 1. The Morgan fingerprint density at radius 1 is 1.11 bits per heavy atom. The van der Waals surface area contributed by atoms with Gasteiger partial charge < -0.3 is 15.2 Å². The van der Waals surface area contributed by atoms with Crippen molar-refractivity contribution in [2.45, 2.75) is 6.54 Å². The lowest BCUT2D eigenvalue weighted by atomic mass is 10.2. The molecular formula is C15H19N3O. The number of rotatable bonds is 6. The van der Waals surface area contributed by atoms with Gasteiger partial charge in [0.05, 0.1) is 0 Å². The predicted molar refractivity (Wildman–Crippen MR) is 76.2 cm³/mol. The van der Waals surface area contributed by atoms with E-state index in [9.17, 15) is 4.79 Å². The molecule has 0 unspecified atom stereocenters. The highest BCUT2D eigenvalue weighted by Crippen LogP contribution is 2.07. The number of likely N-dealkylation sites (N-methyl/N-ethyl adjacent to an activating group) is 1. The highest BCUT2D eigenvalue weighted by atomic mass is 16.1. The first-order valence-corrected chi connectivity index (χ1v) is 6.43. The van der Waals surface area contributed by atoms with Gasteiger partial charge in [-0.1, -0.05) is 30.3 Å². The molecule has 1 amide bonds. The van der Waals surface area contributed by atoms with Crippen LogP contribution in [0, 0.1) is 0 Å². The van der Waals surface area contributed by atoms with E-state index in [1.165, 1.54) is 5.56 Å². The average Bonchev–Trinajstić information content (AvgIpc) is 2.88. The maximum Gasteiger partial charge on any atom is 0.267 e. The van der Waals surface area contributed by atoms with Crippen molar-refractivity contribution in [2.75, 3.05) is 20.1 Å². The monoisotopic (exact) mass is 257 g/mol. The zero-order valence-electron chi connectivity index (χ0n) is 11.1. The van der Waals surface area contributed by atoms with E-state index in [4.69, 9.17) is 0 Å². The lowest BCUT2D eigenvalue weighted by molar-refractivity contribution is 0.0945. The van der Waals surface area contributed by atoms with Gasteiger partial charge in [0.2, 0.25) is 0 Å². The van der Waals surface area contributed by atoms with Crippen LogP contribution in [-0.2, 0) is 6.54 Å². The van der Waals surface area contributed by atoms with E-state index in [2.05, 4.69) is 22.8 Å². The highest BCUT2D eigenvalue weighted by Gasteiger charge is 2.09. The molecule has 1 aromatic heterocycles. The summed E-state index contributed by atoms with van der Waals surface area (Å²) in [5, 5.41) is 5.89. The molecule has 1 heterocycles. The van der Waals surface area contributed by atoms with E-state index in [1.54, 1.807) is 0 Å². The summed E-state index contributed by atoms with van der Waals surface area (Å²) in [6.45, 7) is 2.11. The van der Waals surface area contributed by atoms with Crippen LogP contribution in [0.25, 0.3) is 0 Å². The molecule has 1 aromatic carbocycles. The molecule has 2 N–H and O–H groups in total. The largest absolute Gasteiger partial charge is 0.349 e. The topological polar surface area (TPSA) is 46.1 Å². The SMILES string of the molecule is CNCCNC(=O)c1cccn1Cc1ccccc1. The molecule has 0 radical (unpaired) electrons. The fraction of sp³-hybridized carbons (Fsp3) is 0.267. The van der Waals surface area contributed by atoms with Gasteiger partial charge in [-0.3, -0.25) is 4.79 Å². The Labute approximate surface area is 113 Å². The molecule has 0 saturated heterocycles. The van der Waals surface area contributed by atoms with Crippen LogP contribution < -0.4 is 10.6 Å². The second kappa shape index (κ2) is 6.75. The van der Waals surface area contributed by atoms with Crippen LogP contribution in [0.15, 0.2) is 48.7 Å². The van der Waals surface area contributed by atoms with Gasteiger partial charge in [0, 0.05) is 25.8 Å². The number of hydrogen-bond donors (Lipinski definition) is 2. The van der Waals surface area contributed by atoms with Gasteiger partial charge in [0.25, 0.3) is 5.91 Å². The Bertz CT molecular complexity index is 519. The van der Waals surface area contributed by atoms with E-state index in [0.29, 0.717) is 18.8 Å². The molecule has 0 atom stereocenters. The summed E-state index contributed by atoms with van der Waals surface area (Å²) in [6, 6.07) is 13.9. The quantitative estimate of drug-likeness (QED) is 0.770. The molecule has 0 spiro atoms. The lowest BCUT2D eigenvalue weighted by Crippen LogP contribution is -2.31. The summed E-state index contributed by atoms with van der Waals surface area (Å²) in [6.07, 6.45) is 1.93. The molecule has 0 bridgehead atoms. The summed E-state index contributed by atoms with van der Waals surface area (Å²) in [4.78, 5) is 12.0. The van der Waals surface area contributed by atoms with E-state index in [1.807, 2.05) is 48.1 Å². The van der Waals surface area contributed by atoms with Crippen LogP contribution >= 0.6 is 0 Å². The van der Waals surface area contributed by atoms with Gasteiger partial charge in [-0.15, -0.1) is 0 Å². The smallest absolute Gasteiger partial charge is 0.267 e. The van der Waals surface area contributed by atoms with Crippen LogP contribution in [0.4, 0.5) is 0 Å². The van der Waals surface area contributed by atoms with Gasteiger partial charge in [-0.2, -0.15) is 0 Å². The molecule has 2 rings (SSSR count). The fourth-order valence-corrected chi connectivity index (χ4v) is 1.93. The normalized spacial score (nSPS) is 10.4. The number of carbonyl (C=O) groups is 1. The molecule has 4 heteroatoms. The van der Waals surface area contributed by atoms with Crippen LogP contribution in [-0.4, -0.2) is 30.6 Å². The minimum absolute atomic E-state index is 0.0313. The summed E-state index contributed by atoms with van der Waals surface area (Å²) in [5.41, 5.74) is 1.88. The van der Waals surface area contributed by atoms with Gasteiger partial charge in [-0.05, 0) is 24.7 Å². The lowest BCUT2D eigenvalue weighted by Gasteiger charge is -2.10. The Kier molecular flexibility index (Phi) is 4.75. The predicted octanol–water partition coefficient (Wildman–Crippen LogP) is 1.49. The minimum Gasteiger partial charge on any atom is -0.349 e. The first-order chi connectivity index (χ1) is 9.31. The zero-order valence-corrected chi connectivity index (χ0v) is 11.1. The van der Waals surface area contributed by atoms with Crippen molar-refractivity contribution in [1.82, 2.24) is 15.2 Å². The minimum atomic E-state index is -0.0313. The van der Waals surface area contributed by atoms with E-state index >= 15 is 0 Å². The number of nitrogens with zero attached hydrogens (tertiary/aromatic N) is 1. The van der Waals surface area contributed by atoms with Crippen LogP contribution in [0.2, 0.25) is 0 Å². The Morgan fingerprint density at radius 3 is 2.63 bits per heavy atom. The summed E-state index contributed by atoms with van der Waals surface area (Å²) in [7, 11) is 1.87. The molecular weight excluding hydrogens is 238 g/mol.